The molecule has 3 aromatic rings. The fourth-order valence-corrected chi connectivity index (χ4v) is 3.92. The number of piperidine rings is 1. The van der Waals surface area contributed by atoms with Gasteiger partial charge in [0.15, 0.2) is 0 Å². The zero-order valence-corrected chi connectivity index (χ0v) is 15.8. The third kappa shape index (κ3) is 3.28. The molecule has 0 aliphatic carbocycles. The minimum absolute atomic E-state index is 0.0316. The summed E-state index contributed by atoms with van der Waals surface area (Å²) in [6.07, 6.45) is 4.56. The van der Waals surface area contributed by atoms with Crippen molar-refractivity contribution in [3.63, 3.8) is 0 Å². The lowest BCUT2D eigenvalue weighted by molar-refractivity contribution is -0.135. The highest BCUT2D eigenvalue weighted by Crippen LogP contribution is 2.17. The van der Waals surface area contributed by atoms with E-state index < -0.39 is 5.69 Å². The molecule has 0 radical (unpaired) electrons. The molecular formula is C21H23N3O4. The number of amides is 1. The second kappa shape index (κ2) is 7.50. The van der Waals surface area contributed by atoms with E-state index in [1.54, 1.807) is 36.4 Å². The Bertz CT molecular complexity index is 1110. The van der Waals surface area contributed by atoms with Crippen LogP contribution in [0.3, 0.4) is 0 Å². The van der Waals surface area contributed by atoms with Crippen LogP contribution in [0.4, 0.5) is 0 Å². The number of furan rings is 1. The van der Waals surface area contributed by atoms with Crippen molar-refractivity contribution < 1.29 is 9.21 Å². The maximum absolute atomic E-state index is 13.1. The van der Waals surface area contributed by atoms with Gasteiger partial charge in [-0.15, -0.1) is 0 Å². The third-order valence-electron chi connectivity index (χ3n) is 5.44. The monoisotopic (exact) mass is 381 g/mol. The highest BCUT2D eigenvalue weighted by atomic mass is 16.3. The lowest BCUT2D eigenvalue weighted by atomic mass is 10.0. The largest absolute Gasteiger partial charge is 0.467 e. The number of carbonyl (C=O) groups is 1. The van der Waals surface area contributed by atoms with Crippen LogP contribution in [0, 0.1) is 0 Å². The number of hydrogen-bond acceptors (Lipinski definition) is 4. The van der Waals surface area contributed by atoms with E-state index in [4.69, 9.17) is 4.42 Å². The first-order valence-electron chi connectivity index (χ1n) is 9.60. The lowest BCUT2D eigenvalue weighted by Gasteiger charge is -2.33. The zero-order chi connectivity index (χ0) is 19.7. The number of nitrogens with zero attached hydrogens (tertiary/aromatic N) is 3. The number of benzene rings is 1. The minimum Gasteiger partial charge on any atom is -0.467 e. The summed E-state index contributed by atoms with van der Waals surface area (Å²) in [5, 5.41) is 0.410. The van der Waals surface area contributed by atoms with Gasteiger partial charge < -0.3 is 9.32 Å². The van der Waals surface area contributed by atoms with Gasteiger partial charge >= 0.3 is 5.69 Å². The summed E-state index contributed by atoms with van der Waals surface area (Å²) in [5.74, 6) is 0.416. The van der Waals surface area contributed by atoms with Crippen molar-refractivity contribution in [1.29, 1.82) is 0 Å². The first-order valence-corrected chi connectivity index (χ1v) is 9.60. The lowest BCUT2D eigenvalue weighted by Crippen LogP contribution is -2.47. The molecule has 1 fully saturated rings. The quantitative estimate of drug-likeness (QED) is 0.694. The van der Waals surface area contributed by atoms with E-state index in [1.807, 2.05) is 11.8 Å². The highest BCUT2D eigenvalue weighted by Gasteiger charge is 2.25. The Balaban J connectivity index is 1.79. The number of likely N-dealkylation sites (tertiary alicyclic amines) is 1. The van der Waals surface area contributed by atoms with Crippen LogP contribution >= 0.6 is 0 Å². The Morgan fingerprint density at radius 2 is 1.93 bits per heavy atom. The number of fused-ring (bicyclic) bond motifs is 1. The molecule has 1 amide bonds. The second-order valence-electron chi connectivity index (χ2n) is 7.29. The van der Waals surface area contributed by atoms with Crippen molar-refractivity contribution in [3.05, 3.63) is 69.3 Å². The van der Waals surface area contributed by atoms with Crippen LogP contribution in [0.1, 0.15) is 31.9 Å². The van der Waals surface area contributed by atoms with E-state index in [0.29, 0.717) is 23.2 Å². The van der Waals surface area contributed by atoms with Crippen molar-refractivity contribution in [2.45, 2.75) is 45.3 Å². The van der Waals surface area contributed by atoms with E-state index in [-0.39, 0.29) is 30.6 Å². The number of aromatic nitrogens is 2. The van der Waals surface area contributed by atoms with Gasteiger partial charge in [0.25, 0.3) is 5.56 Å². The predicted octanol–water partition coefficient (Wildman–Crippen LogP) is 2.21. The first-order chi connectivity index (χ1) is 13.6. The van der Waals surface area contributed by atoms with Crippen LogP contribution in [0.25, 0.3) is 10.9 Å². The molecule has 1 unspecified atom stereocenters. The molecule has 146 valence electrons. The summed E-state index contributed by atoms with van der Waals surface area (Å²) >= 11 is 0. The maximum atomic E-state index is 13.1. The molecule has 1 atom stereocenters. The average Bonchev–Trinajstić information content (AvgIpc) is 3.22. The summed E-state index contributed by atoms with van der Waals surface area (Å²) < 4.78 is 7.85. The van der Waals surface area contributed by atoms with Crippen molar-refractivity contribution in [2.75, 3.05) is 6.54 Å². The van der Waals surface area contributed by atoms with Crippen LogP contribution in [-0.2, 0) is 17.9 Å². The summed E-state index contributed by atoms with van der Waals surface area (Å²) in [6, 6.07) is 10.5. The van der Waals surface area contributed by atoms with Gasteiger partial charge in [-0.2, -0.15) is 0 Å². The summed E-state index contributed by atoms with van der Waals surface area (Å²) in [6.45, 7) is 2.69. The standard InChI is InChI=1S/C21H23N3O4/c1-15-7-4-5-11-22(15)19(25)14-23-18-10-3-2-9-17(18)20(26)24(21(23)27)13-16-8-6-12-28-16/h2-3,6,8-10,12,15H,4-5,7,11,13-14H2,1H3. The highest BCUT2D eigenvalue weighted by molar-refractivity contribution is 5.81. The topological polar surface area (TPSA) is 77.5 Å². The van der Waals surface area contributed by atoms with Gasteiger partial charge in [-0.05, 0) is 50.5 Å². The fraction of sp³-hybridized carbons (Fsp3) is 0.381. The molecule has 1 aromatic carbocycles. The second-order valence-corrected chi connectivity index (χ2v) is 7.29. The number of rotatable bonds is 4. The first kappa shape index (κ1) is 18.3. The molecule has 0 N–H and O–H groups in total. The van der Waals surface area contributed by atoms with Gasteiger partial charge in [0.2, 0.25) is 5.91 Å². The summed E-state index contributed by atoms with van der Waals surface area (Å²) in [5.41, 5.74) is -0.406. The minimum atomic E-state index is -0.502. The van der Waals surface area contributed by atoms with Gasteiger partial charge in [0, 0.05) is 12.6 Å². The van der Waals surface area contributed by atoms with Crippen molar-refractivity contribution in [2.24, 2.45) is 0 Å². The van der Waals surface area contributed by atoms with E-state index in [1.165, 1.54) is 10.8 Å². The number of hydrogen-bond donors (Lipinski definition) is 0. The van der Waals surface area contributed by atoms with Crippen LogP contribution < -0.4 is 11.2 Å². The Kier molecular flexibility index (Phi) is 4.90. The van der Waals surface area contributed by atoms with E-state index in [0.717, 1.165) is 23.8 Å². The molecule has 4 rings (SSSR count). The van der Waals surface area contributed by atoms with Gasteiger partial charge in [0.1, 0.15) is 12.3 Å². The van der Waals surface area contributed by atoms with Gasteiger partial charge in [-0.25, -0.2) is 4.79 Å². The molecular weight excluding hydrogens is 358 g/mol. The Morgan fingerprint density at radius 1 is 1.11 bits per heavy atom. The Morgan fingerprint density at radius 3 is 2.68 bits per heavy atom. The zero-order valence-electron chi connectivity index (χ0n) is 15.8. The Hall–Kier alpha value is -3.09. The molecule has 0 bridgehead atoms. The number of carbonyl (C=O) groups excluding carboxylic acids is 1. The van der Waals surface area contributed by atoms with E-state index >= 15 is 0 Å². The molecule has 0 saturated carbocycles. The van der Waals surface area contributed by atoms with Crippen LogP contribution in [0.5, 0.6) is 0 Å². The third-order valence-corrected chi connectivity index (χ3v) is 5.44. The molecule has 7 heteroatoms. The van der Waals surface area contributed by atoms with Gasteiger partial charge in [0.05, 0.1) is 23.7 Å². The van der Waals surface area contributed by atoms with Crippen LogP contribution in [0.15, 0.2) is 56.7 Å². The SMILES string of the molecule is CC1CCCCN1C(=O)Cn1c(=O)n(Cc2ccco2)c(=O)c2ccccc21. The van der Waals surface area contributed by atoms with E-state index in [2.05, 4.69) is 0 Å². The van der Waals surface area contributed by atoms with Gasteiger partial charge in [-0.3, -0.25) is 18.7 Å². The molecule has 7 nitrogen and oxygen atoms in total. The molecule has 3 heterocycles. The molecule has 1 saturated heterocycles. The van der Waals surface area contributed by atoms with Crippen molar-refractivity contribution in [1.82, 2.24) is 14.0 Å². The molecule has 0 spiro atoms. The smallest absolute Gasteiger partial charge is 0.332 e. The average molecular weight is 381 g/mol. The van der Waals surface area contributed by atoms with Crippen molar-refractivity contribution >= 4 is 16.8 Å². The van der Waals surface area contributed by atoms with E-state index in [9.17, 15) is 14.4 Å². The predicted molar refractivity (Wildman–Crippen MR) is 105 cm³/mol. The Labute approximate surface area is 161 Å². The maximum Gasteiger partial charge on any atom is 0.332 e. The molecule has 1 aliphatic rings. The van der Waals surface area contributed by atoms with Crippen LogP contribution in [0.2, 0.25) is 0 Å². The number of para-hydroxylation sites is 1. The van der Waals surface area contributed by atoms with Crippen LogP contribution in [-0.4, -0.2) is 32.5 Å². The summed E-state index contributed by atoms with van der Waals surface area (Å²) in [4.78, 5) is 40.8. The fourth-order valence-electron chi connectivity index (χ4n) is 3.92. The van der Waals surface area contributed by atoms with Gasteiger partial charge in [-0.1, -0.05) is 12.1 Å². The van der Waals surface area contributed by atoms with Crippen molar-refractivity contribution in [3.8, 4) is 0 Å². The molecule has 1 aliphatic heterocycles. The molecule has 28 heavy (non-hydrogen) atoms. The molecule has 2 aromatic heterocycles. The normalized spacial score (nSPS) is 17.2. The summed E-state index contributed by atoms with van der Waals surface area (Å²) in [7, 11) is 0.